The first-order valence-electron chi connectivity index (χ1n) is 6.81. The van der Waals surface area contributed by atoms with Crippen molar-refractivity contribution >= 4 is 0 Å². The molecule has 1 aromatic carbocycles. The van der Waals surface area contributed by atoms with Crippen molar-refractivity contribution in [3.63, 3.8) is 0 Å². The monoisotopic (exact) mass is 267 g/mol. The molecule has 0 atom stereocenters. The average Bonchev–Trinajstić information content (AvgIpc) is 2.43. The van der Waals surface area contributed by atoms with Crippen LogP contribution in [0.5, 0.6) is 11.5 Å². The Labute approximate surface area is 116 Å². The van der Waals surface area contributed by atoms with E-state index in [0.717, 1.165) is 44.0 Å². The third-order valence-electron chi connectivity index (χ3n) is 2.81. The van der Waals surface area contributed by atoms with Gasteiger partial charge < -0.3 is 19.5 Å². The van der Waals surface area contributed by atoms with E-state index in [0.29, 0.717) is 6.61 Å². The second-order valence-corrected chi connectivity index (χ2v) is 4.29. The molecule has 0 unspecified atom stereocenters. The van der Waals surface area contributed by atoms with Crippen LogP contribution in [0.15, 0.2) is 18.2 Å². The Kier molecular flexibility index (Phi) is 8.02. The summed E-state index contributed by atoms with van der Waals surface area (Å²) in [6.45, 7) is 5.29. The van der Waals surface area contributed by atoms with Crippen LogP contribution in [0.3, 0.4) is 0 Å². The van der Waals surface area contributed by atoms with Crippen molar-refractivity contribution in [1.82, 2.24) is 5.32 Å². The van der Waals surface area contributed by atoms with Crippen LogP contribution < -0.4 is 14.8 Å². The van der Waals surface area contributed by atoms with Crippen molar-refractivity contribution in [2.75, 3.05) is 34.0 Å². The molecule has 0 heterocycles. The van der Waals surface area contributed by atoms with Gasteiger partial charge in [0.05, 0.1) is 13.7 Å². The second-order valence-electron chi connectivity index (χ2n) is 4.29. The maximum Gasteiger partial charge on any atom is 0.161 e. The highest BCUT2D eigenvalue weighted by Crippen LogP contribution is 2.27. The molecule has 1 N–H and O–H groups in total. The lowest BCUT2D eigenvalue weighted by atomic mass is 10.2. The molecule has 4 heteroatoms. The predicted molar refractivity (Wildman–Crippen MR) is 77.0 cm³/mol. The van der Waals surface area contributed by atoms with Crippen LogP contribution in [0.25, 0.3) is 0 Å². The summed E-state index contributed by atoms with van der Waals surface area (Å²) in [6.07, 6.45) is 2.22. The summed E-state index contributed by atoms with van der Waals surface area (Å²) in [5, 5.41) is 3.42. The Bertz CT molecular complexity index is 355. The van der Waals surface area contributed by atoms with Gasteiger partial charge in [-0.15, -0.1) is 0 Å². The molecule has 1 aromatic rings. The fourth-order valence-corrected chi connectivity index (χ4v) is 1.83. The molecule has 4 nitrogen and oxygen atoms in total. The van der Waals surface area contributed by atoms with Gasteiger partial charge in [-0.1, -0.05) is 6.07 Å². The summed E-state index contributed by atoms with van der Waals surface area (Å²) in [5.41, 5.74) is 1.20. The van der Waals surface area contributed by atoms with Gasteiger partial charge in [-0.3, -0.25) is 0 Å². The summed E-state index contributed by atoms with van der Waals surface area (Å²) in [6, 6.07) is 6.04. The van der Waals surface area contributed by atoms with Gasteiger partial charge in [-0.05, 0) is 44.0 Å². The molecule has 0 fully saturated rings. The lowest BCUT2D eigenvalue weighted by Gasteiger charge is -2.11. The molecule has 0 radical (unpaired) electrons. The van der Waals surface area contributed by atoms with E-state index in [2.05, 4.69) is 11.4 Å². The summed E-state index contributed by atoms with van der Waals surface area (Å²) in [7, 11) is 3.39. The molecule has 0 amide bonds. The van der Waals surface area contributed by atoms with Gasteiger partial charge in [0, 0.05) is 20.3 Å². The number of rotatable bonds is 10. The number of methoxy groups -OCH3 is 2. The Morgan fingerprint density at radius 2 is 1.95 bits per heavy atom. The highest BCUT2D eigenvalue weighted by Gasteiger charge is 2.04. The highest BCUT2D eigenvalue weighted by molar-refractivity contribution is 5.42. The molecule has 0 aliphatic heterocycles. The van der Waals surface area contributed by atoms with Gasteiger partial charge in [0.1, 0.15) is 0 Å². The molecule has 0 spiro atoms. The lowest BCUT2D eigenvalue weighted by Crippen LogP contribution is -2.15. The Balaban J connectivity index is 2.39. The molecule has 1 rings (SSSR count). The molecule has 0 aromatic heterocycles. The van der Waals surface area contributed by atoms with Crippen molar-refractivity contribution in [3.8, 4) is 11.5 Å². The minimum absolute atomic E-state index is 0.643. The molecule has 108 valence electrons. The average molecular weight is 267 g/mol. The first-order valence-corrected chi connectivity index (χ1v) is 6.81. The van der Waals surface area contributed by atoms with Crippen LogP contribution >= 0.6 is 0 Å². The van der Waals surface area contributed by atoms with Gasteiger partial charge in [0.25, 0.3) is 0 Å². The van der Waals surface area contributed by atoms with Crippen LogP contribution in [0.1, 0.15) is 25.3 Å². The van der Waals surface area contributed by atoms with E-state index in [-0.39, 0.29) is 0 Å². The third kappa shape index (κ3) is 5.94. The number of nitrogens with one attached hydrogen (secondary N) is 1. The number of ether oxygens (including phenoxy) is 3. The maximum atomic E-state index is 5.56. The maximum absolute atomic E-state index is 5.56. The topological polar surface area (TPSA) is 39.7 Å². The van der Waals surface area contributed by atoms with Gasteiger partial charge in [0.2, 0.25) is 0 Å². The summed E-state index contributed by atoms with van der Waals surface area (Å²) in [4.78, 5) is 0. The highest BCUT2D eigenvalue weighted by atomic mass is 16.5. The largest absolute Gasteiger partial charge is 0.493 e. The standard InChI is InChI=1S/C15H25NO3/c1-4-19-15-11-13(7-8-14(15)18-3)12-16-9-5-6-10-17-2/h7-8,11,16H,4-6,9-10,12H2,1-3H3. The van der Waals surface area contributed by atoms with E-state index in [1.54, 1.807) is 14.2 Å². The Morgan fingerprint density at radius 3 is 2.63 bits per heavy atom. The second kappa shape index (κ2) is 9.64. The molecule has 0 aliphatic rings. The summed E-state index contributed by atoms with van der Waals surface area (Å²) >= 11 is 0. The first kappa shape index (κ1) is 15.8. The summed E-state index contributed by atoms with van der Waals surface area (Å²) in [5.74, 6) is 1.59. The minimum Gasteiger partial charge on any atom is -0.493 e. The van der Waals surface area contributed by atoms with E-state index >= 15 is 0 Å². The number of hydrogen-bond acceptors (Lipinski definition) is 4. The molecule has 0 bridgehead atoms. The van der Waals surface area contributed by atoms with Crippen molar-refractivity contribution in [1.29, 1.82) is 0 Å². The zero-order chi connectivity index (χ0) is 13.9. The van der Waals surface area contributed by atoms with E-state index in [4.69, 9.17) is 14.2 Å². The van der Waals surface area contributed by atoms with Crippen LogP contribution in [-0.4, -0.2) is 34.0 Å². The first-order chi connectivity index (χ1) is 9.31. The lowest BCUT2D eigenvalue weighted by molar-refractivity contribution is 0.192. The van der Waals surface area contributed by atoms with Crippen LogP contribution in [0.4, 0.5) is 0 Å². The van der Waals surface area contributed by atoms with Crippen molar-refractivity contribution in [2.45, 2.75) is 26.3 Å². The van der Waals surface area contributed by atoms with E-state index in [9.17, 15) is 0 Å². The van der Waals surface area contributed by atoms with Crippen molar-refractivity contribution in [2.24, 2.45) is 0 Å². The predicted octanol–water partition coefficient (Wildman–Crippen LogP) is 2.61. The number of hydrogen-bond donors (Lipinski definition) is 1. The van der Waals surface area contributed by atoms with Gasteiger partial charge >= 0.3 is 0 Å². The fourth-order valence-electron chi connectivity index (χ4n) is 1.83. The van der Waals surface area contributed by atoms with Gasteiger partial charge in [0.15, 0.2) is 11.5 Å². The quantitative estimate of drug-likeness (QED) is 0.661. The van der Waals surface area contributed by atoms with Crippen LogP contribution in [0, 0.1) is 0 Å². The number of benzene rings is 1. The zero-order valence-corrected chi connectivity index (χ0v) is 12.2. The molecular weight excluding hydrogens is 242 g/mol. The fraction of sp³-hybridized carbons (Fsp3) is 0.600. The van der Waals surface area contributed by atoms with Crippen molar-refractivity contribution < 1.29 is 14.2 Å². The Morgan fingerprint density at radius 1 is 1.11 bits per heavy atom. The molecule has 0 aliphatic carbocycles. The van der Waals surface area contributed by atoms with E-state index < -0.39 is 0 Å². The smallest absolute Gasteiger partial charge is 0.161 e. The zero-order valence-electron chi connectivity index (χ0n) is 12.2. The minimum atomic E-state index is 0.643. The molecular formula is C15H25NO3. The SMILES string of the molecule is CCOc1cc(CNCCCCOC)ccc1OC. The van der Waals surface area contributed by atoms with Crippen LogP contribution in [0.2, 0.25) is 0 Å². The third-order valence-corrected chi connectivity index (χ3v) is 2.81. The summed E-state index contributed by atoms with van der Waals surface area (Å²) < 4.78 is 15.8. The normalized spacial score (nSPS) is 10.5. The van der Waals surface area contributed by atoms with Gasteiger partial charge in [-0.2, -0.15) is 0 Å². The molecule has 19 heavy (non-hydrogen) atoms. The Hall–Kier alpha value is -1.26. The van der Waals surface area contributed by atoms with E-state index in [1.807, 2.05) is 19.1 Å². The molecule has 0 saturated heterocycles. The van der Waals surface area contributed by atoms with Gasteiger partial charge in [-0.25, -0.2) is 0 Å². The van der Waals surface area contributed by atoms with E-state index in [1.165, 1.54) is 5.56 Å². The number of unbranched alkanes of at least 4 members (excludes halogenated alkanes) is 1. The molecule has 0 saturated carbocycles. The van der Waals surface area contributed by atoms with Crippen molar-refractivity contribution in [3.05, 3.63) is 23.8 Å². The van der Waals surface area contributed by atoms with Crippen LogP contribution in [-0.2, 0) is 11.3 Å².